The van der Waals surface area contributed by atoms with Crippen LogP contribution in [0.3, 0.4) is 0 Å². The van der Waals surface area contributed by atoms with Crippen LogP contribution >= 0.6 is 0 Å². The Hall–Kier alpha value is -1.84. The molecule has 2 atom stereocenters. The third kappa shape index (κ3) is 3.49. The number of anilines is 1. The number of benzene rings is 1. The SMILES string of the molecule is Cc1cccc(C(C)C)c1NC(=O)[C@H]1CCCC[C@@H]1C(=O)O. The summed E-state index contributed by atoms with van der Waals surface area (Å²) in [6, 6.07) is 5.97. The highest BCUT2D eigenvalue weighted by atomic mass is 16.4. The first kappa shape index (κ1) is 16.5. The van der Waals surface area contributed by atoms with Gasteiger partial charge in [-0.15, -0.1) is 0 Å². The lowest BCUT2D eigenvalue weighted by atomic mass is 9.78. The van der Waals surface area contributed by atoms with Crippen molar-refractivity contribution in [1.29, 1.82) is 0 Å². The summed E-state index contributed by atoms with van der Waals surface area (Å²) in [5.41, 5.74) is 2.95. The van der Waals surface area contributed by atoms with E-state index in [4.69, 9.17) is 0 Å². The van der Waals surface area contributed by atoms with E-state index in [1.165, 1.54) is 0 Å². The predicted octanol–water partition coefficient (Wildman–Crippen LogP) is 3.95. The van der Waals surface area contributed by atoms with Crippen LogP contribution in [0.1, 0.15) is 56.6 Å². The number of aliphatic carboxylic acids is 1. The summed E-state index contributed by atoms with van der Waals surface area (Å²) < 4.78 is 0. The molecule has 0 aliphatic heterocycles. The number of carbonyl (C=O) groups excluding carboxylic acids is 1. The average molecular weight is 303 g/mol. The normalized spacial score (nSPS) is 21.6. The number of carboxylic acids is 1. The number of carbonyl (C=O) groups is 2. The van der Waals surface area contributed by atoms with E-state index in [0.717, 1.165) is 29.7 Å². The molecule has 4 heteroatoms. The second-order valence-electron chi connectivity index (χ2n) is 6.52. The highest BCUT2D eigenvalue weighted by molar-refractivity contribution is 5.96. The van der Waals surface area contributed by atoms with Gasteiger partial charge in [0.25, 0.3) is 0 Å². The third-order valence-electron chi connectivity index (χ3n) is 4.60. The van der Waals surface area contributed by atoms with Gasteiger partial charge in [0, 0.05) is 5.69 Å². The van der Waals surface area contributed by atoms with Gasteiger partial charge in [0.2, 0.25) is 5.91 Å². The molecule has 1 aliphatic rings. The first-order valence-electron chi connectivity index (χ1n) is 8.05. The summed E-state index contributed by atoms with van der Waals surface area (Å²) in [6.45, 7) is 6.15. The zero-order valence-electron chi connectivity index (χ0n) is 13.6. The second-order valence-corrected chi connectivity index (χ2v) is 6.52. The van der Waals surface area contributed by atoms with Gasteiger partial charge < -0.3 is 10.4 Å². The third-order valence-corrected chi connectivity index (χ3v) is 4.60. The van der Waals surface area contributed by atoms with Crippen LogP contribution in [-0.4, -0.2) is 17.0 Å². The van der Waals surface area contributed by atoms with Crippen LogP contribution in [-0.2, 0) is 9.59 Å². The maximum Gasteiger partial charge on any atom is 0.307 e. The molecule has 120 valence electrons. The predicted molar refractivity (Wildman–Crippen MR) is 87.0 cm³/mol. The Labute approximate surface area is 131 Å². The zero-order valence-corrected chi connectivity index (χ0v) is 13.6. The van der Waals surface area contributed by atoms with E-state index in [-0.39, 0.29) is 5.91 Å². The van der Waals surface area contributed by atoms with Crippen molar-refractivity contribution in [2.24, 2.45) is 11.8 Å². The van der Waals surface area contributed by atoms with Crippen molar-refractivity contribution < 1.29 is 14.7 Å². The number of nitrogens with one attached hydrogen (secondary N) is 1. The molecule has 1 amide bonds. The Bertz CT molecular complexity index is 565. The molecule has 0 saturated heterocycles. The van der Waals surface area contributed by atoms with E-state index in [2.05, 4.69) is 19.2 Å². The van der Waals surface area contributed by atoms with E-state index < -0.39 is 17.8 Å². The van der Waals surface area contributed by atoms with Gasteiger partial charge in [-0.1, -0.05) is 44.9 Å². The van der Waals surface area contributed by atoms with Crippen LogP contribution in [0.25, 0.3) is 0 Å². The van der Waals surface area contributed by atoms with Gasteiger partial charge in [-0.2, -0.15) is 0 Å². The average Bonchev–Trinajstić information content (AvgIpc) is 2.48. The Morgan fingerprint density at radius 1 is 1.18 bits per heavy atom. The minimum atomic E-state index is -0.853. The summed E-state index contributed by atoms with van der Waals surface area (Å²) in [5, 5.41) is 12.4. The summed E-state index contributed by atoms with van der Waals surface area (Å²) in [6.07, 6.45) is 3.07. The number of amides is 1. The van der Waals surface area contributed by atoms with E-state index in [1.807, 2.05) is 25.1 Å². The number of aryl methyl sites for hydroxylation is 1. The number of hydrogen-bond donors (Lipinski definition) is 2. The molecule has 0 bridgehead atoms. The minimum Gasteiger partial charge on any atom is -0.481 e. The smallest absolute Gasteiger partial charge is 0.307 e. The molecule has 0 heterocycles. The van der Waals surface area contributed by atoms with E-state index >= 15 is 0 Å². The van der Waals surface area contributed by atoms with Crippen LogP contribution < -0.4 is 5.32 Å². The van der Waals surface area contributed by atoms with Crippen molar-refractivity contribution >= 4 is 17.6 Å². The summed E-state index contributed by atoms with van der Waals surface area (Å²) in [4.78, 5) is 24.0. The van der Waals surface area contributed by atoms with Gasteiger partial charge in [-0.25, -0.2) is 0 Å². The highest BCUT2D eigenvalue weighted by Gasteiger charge is 2.36. The van der Waals surface area contributed by atoms with Crippen LogP contribution in [0.4, 0.5) is 5.69 Å². The molecule has 1 aromatic rings. The van der Waals surface area contributed by atoms with Crippen molar-refractivity contribution in [2.75, 3.05) is 5.32 Å². The fourth-order valence-electron chi connectivity index (χ4n) is 3.30. The van der Waals surface area contributed by atoms with Gasteiger partial charge in [0.15, 0.2) is 0 Å². The minimum absolute atomic E-state index is 0.150. The molecule has 0 spiro atoms. The van der Waals surface area contributed by atoms with Gasteiger partial charge >= 0.3 is 5.97 Å². The van der Waals surface area contributed by atoms with Crippen molar-refractivity contribution in [3.05, 3.63) is 29.3 Å². The molecule has 0 radical (unpaired) electrons. The lowest BCUT2D eigenvalue weighted by molar-refractivity contribution is -0.147. The maximum atomic E-state index is 12.6. The van der Waals surface area contributed by atoms with Gasteiger partial charge in [-0.05, 0) is 36.8 Å². The second kappa shape index (κ2) is 6.95. The van der Waals surface area contributed by atoms with Crippen molar-refractivity contribution in [3.8, 4) is 0 Å². The van der Waals surface area contributed by atoms with Crippen LogP contribution in [0, 0.1) is 18.8 Å². The van der Waals surface area contributed by atoms with Crippen LogP contribution in [0.15, 0.2) is 18.2 Å². The molecule has 2 N–H and O–H groups in total. The number of carboxylic acid groups (broad SMARTS) is 1. The molecule has 0 unspecified atom stereocenters. The summed E-state index contributed by atoms with van der Waals surface area (Å²) in [5.74, 6) is -1.68. The fourth-order valence-corrected chi connectivity index (χ4v) is 3.30. The van der Waals surface area contributed by atoms with E-state index in [9.17, 15) is 14.7 Å². The van der Waals surface area contributed by atoms with E-state index in [0.29, 0.717) is 18.8 Å². The zero-order chi connectivity index (χ0) is 16.3. The van der Waals surface area contributed by atoms with Crippen molar-refractivity contribution in [1.82, 2.24) is 0 Å². The number of para-hydroxylation sites is 1. The Kier molecular flexibility index (Phi) is 5.22. The van der Waals surface area contributed by atoms with Gasteiger partial charge in [-0.3, -0.25) is 9.59 Å². The maximum absolute atomic E-state index is 12.6. The van der Waals surface area contributed by atoms with Crippen molar-refractivity contribution in [2.45, 2.75) is 52.4 Å². The summed E-state index contributed by atoms with van der Waals surface area (Å²) >= 11 is 0. The molecule has 1 saturated carbocycles. The Morgan fingerprint density at radius 3 is 2.41 bits per heavy atom. The summed E-state index contributed by atoms with van der Waals surface area (Å²) in [7, 11) is 0. The number of hydrogen-bond acceptors (Lipinski definition) is 2. The Balaban J connectivity index is 2.23. The van der Waals surface area contributed by atoms with Gasteiger partial charge in [0.1, 0.15) is 0 Å². The van der Waals surface area contributed by atoms with E-state index in [1.54, 1.807) is 0 Å². The first-order valence-corrected chi connectivity index (χ1v) is 8.05. The molecular weight excluding hydrogens is 278 g/mol. The quantitative estimate of drug-likeness (QED) is 0.885. The molecule has 1 aliphatic carbocycles. The van der Waals surface area contributed by atoms with Crippen LogP contribution in [0.2, 0.25) is 0 Å². The molecule has 22 heavy (non-hydrogen) atoms. The molecule has 0 aromatic heterocycles. The first-order chi connectivity index (χ1) is 10.4. The molecule has 2 rings (SSSR count). The fraction of sp³-hybridized carbons (Fsp3) is 0.556. The molecular formula is C18H25NO3. The number of rotatable bonds is 4. The molecule has 1 aromatic carbocycles. The standard InChI is InChI=1S/C18H25NO3/c1-11(2)13-10-6-7-12(3)16(13)19-17(20)14-8-4-5-9-15(14)18(21)22/h6-7,10-11,14-15H,4-5,8-9H2,1-3H3,(H,19,20)(H,21,22)/t14-,15-/m0/s1. The lowest BCUT2D eigenvalue weighted by Crippen LogP contribution is -2.36. The highest BCUT2D eigenvalue weighted by Crippen LogP contribution is 2.33. The largest absolute Gasteiger partial charge is 0.481 e. The van der Waals surface area contributed by atoms with Crippen LogP contribution in [0.5, 0.6) is 0 Å². The Morgan fingerprint density at radius 2 is 1.82 bits per heavy atom. The molecule has 4 nitrogen and oxygen atoms in total. The lowest BCUT2D eigenvalue weighted by Gasteiger charge is -2.28. The monoisotopic (exact) mass is 303 g/mol. The molecule has 1 fully saturated rings. The van der Waals surface area contributed by atoms with Gasteiger partial charge in [0.05, 0.1) is 11.8 Å². The van der Waals surface area contributed by atoms with Crippen molar-refractivity contribution in [3.63, 3.8) is 0 Å². The topological polar surface area (TPSA) is 66.4 Å².